The fourth-order valence-electron chi connectivity index (χ4n) is 4.20. The molecule has 1 amide bonds. The van der Waals surface area contributed by atoms with Gasteiger partial charge >= 0.3 is 0 Å². The highest BCUT2D eigenvalue weighted by Gasteiger charge is 2.35. The van der Waals surface area contributed by atoms with E-state index in [1.165, 1.54) is 41.5 Å². The van der Waals surface area contributed by atoms with Crippen LogP contribution in [0.3, 0.4) is 0 Å². The van der Waals surface area contributed by atoms with Gasteiger partial charge in [-0.2, -0.15) is 0 Å². The Bertz CT molecular complexity index is 826. The van der Waals surface area contributed by atoms with Gasteiger partial charge in [-0.05, 0) is 56.9 Å². The number of fused-ring (bicyclic) bond motifs is 3. The van der Waals surface area contributed by atoms with Crippen molar-refractivity contribution in [2.45, 2.75) is 63.3 Å². The lowest BCUT2D eigenvalue weighted by Gasteiger charge is -2.25. The molecule has 2 fully saturated rings. The molecule has 1 saturated carbocycles. The third-order valence-corrected chi connectivity index (χ3v) is 6.79. The molecule has 126 valence electrons. The summed E-state index contributed by atoms with van der Waals surface area (Å²) < 4.78 is 0. The Morgan fingerprint density at radius 1 is 1.12 bits per heavy atom. The SMILES string of the molecule is NC(=O)C1CCCN1c1nc(C2CC2)nc2sc3c(c12)CCCC3. The number of nitrogens with two attached hydrogens (primary N) is 1. The number of aryl methyl sites for hydroxylation is 2. The first kappa shape index (κ1) is 14.6. The predicted octanol–water partition coefficient (Wildman–Crippen LogP) is 2.90. The van der Waals surface area contributed by atoms with Gasteiger partial charge in [-0.15, -0.1) is 11.3 Å². The molecule has 24 heavy (non-hydrogen) atoms. The maximum Gasteiger partial charge on any atom is 0.240 e. The minimum Gasteiger partial charge on any atom is -0.368 e. The van der Waals surface area contributed by atoms with Crippen LogP contribution in [0, 0.1) is 0 Å². The number of aromatic nitrogens is 2. The molecule has 1 atom stereocenters. The van der Waals surface area contributed by atoms with Gasteiger partial charge in [0.15, 0.2) is 0 Å². The van der Waals surface area contributed by atoms with E-state index >= 15 is 0 Å². The Morgan fingerprint density at radius 3 is 2.75 bits per heavy atom. The Kier molecular flexibility index (Phi) is 3.30. The molecule has 1 saturated heterocycles. The summed E-state index contributed by atoms with van der Waals surface area (Å²) in [6.45, 7) is 0.869. The van der Waals surface area contributed by atoms with Crippen LogP contribution in [0.15, 0.2) is 0 Å². The van der Waals surface area contributed by atoms with Crippen molar-refractivity contribution in [3.05, 3.63) is 16.3 Å². The fourth-order valence-corrected chi connectivity index (χ4v) is 5.47. The number of carbonyl (C=O) groups is 1. The standard InChI is InChI=1S/C18H22N4OS/c19-15(23)12-5-3-9-22(12)17-14-11-4-1-2-6-13(11)24-18(14)21-16(20-17)10-7-8-10/h10,12H,1-9H2,(H2,19,23). The molecule has 2 aliphatic carbocycles. The van der Waals surface area contributed by atoms with Crippen LogP contribution in [0.5, 0.6) is 0 Å². The monoisotopic (exact) mass is 342 g/mol. The maximum atomic E-state index is 11.9. The molecule has 6 heteroatoms. The summed E-state index contributed by atoms with van der Waals surface area (Å²) in [7, 11) is 0. The van der Waals surface area contributed by atoms with Crippen molar-refractivity contribution in [2.24, 2.45) is 5.73 Å². The number of hydrogen-bond donors (Lipinski definition) is 1. The zero-order valence-electron chi connectivity index (χ0n) is 13.8. The predicted molar refractivity (Wildman–Crippen MR) is 95.6 cm³/mol. The number of rotatable bonds is 3. The van der Waals surface area contributed by atoms with Crippen LogP contribution in [-0.2, 0) is 17.6 Å². The van der Waals surface area contributed by atoms with Gasteiger partial charge in [0.05, 0.1) is 5.39 Å². The van der Waals surface area contributed by atoms with Crippen LogP contribution in [0.1, 0.15) is 60.7 Å². The summed E-state index contributed by atoms with van der Waals surface area (Å²) in [5, 5.41) is 1.22. The maximum absolute atomic E-state index is 11.9. The van der Waals surface area contributed by atoms with Crippen LogP contribution in [0.25, 0.3) is 10.2 Å². The number of hydrogen-bond acceptors (Lipinski definition) is 5. The van der Waals surface area contributed by atoms with Gasteiger partial charge in [0.25, 0.3) is 0 Å². The van der Waals surface area contributed by atoms with Crippen molar-refractivity contribution in [3.8, 4) is 0 Å². The van der Waals surface area contributed by atoms with Gasteiger partial charge in [0.2, 0.25) is 5.91 Å². The largest absolute Gasteiger partial charge is 0.368 e. The Labute approximate surface area is 145 Å². The van der Waals surface area contributed by atoms with Gasteiger partial charge in [-0.3, -0.25) is 4.79 Å². The number of carbonyl (C=O) groups excluding carboxylic acids is 1. The normalized spacial score (nSPS) is 23.7. The number of amides is 1. The van der Waals surface area contributed by atoms with E-state index in [1.807, 2.05) is 11.3 Å². The molecule has 0 spiro atoms. The average Bonchev–Trinajstić information content (AvgIpc) is 3.19. The zero-order chi connectivity index (χ0) is 16.3. The molecule has 5 nitrogen and oxygen atoms in total. The molecule has 1 aliphatic heterocycles. The molecule has 2 aromatic heterocycles. The van der Waals surface area contributed by atoms with Crippen molar-refractivity contribution in [3.63, 3.8) is 0 Å². The fraction of sp³-hybridized carbons (Fsp3) is 0.611. The van der Waals surface area contributed by atoms with E-state index in [0.29, 0.717) is 5.92 Å². The smallest absolute Gasteiger partial charge is 0.240 e. The molecule has 0 radical (unpaired) electrons. The lowest BCUT2D eigenvalue weighted by Crippen LogP contribution is -2.41. The third-order valence-electron chi connectivity index (χ3n) is 5.61. The molecule has 3 aliphatic rings. The van der Waals surface area contributed by atoms with Crippen molar-refractivity contribution in [2.75, 3.05) is 11.4 Å². The highest BCUT2D eigenvalue weighted by atomic mass is 32.1. The van der Waals surface area contributed by atoms with Crippen LogP contribution in [-0.4, -0.2) is 28.5 Å². The molecular formula is C18H22N4OS. The lowest BCUT2D eigenvalue weighted by atomic mass is 9.96. The van der Waals surface area contributed by atoms with Crippen molar-refractivity contribution in [1.29, 1.82) is 0 Å². The van der Waals surface area contributed by atoms with E-state index in [4.69, 9.17) is 15.7 Å². The van der Waals surface area contributed by atoms with Crippen LogP contribution in [0.4, 0.5) is 5.82 Å². The highest BCUT2D eigenvalue weighted by Crippen LogP contribution is 2.45. The van der Waals surface area contributed by atoms with E-state index in [0.717, 1.165) is 48.7 Å². The summed E-state index contributed by atoms with van der Waals surface area (Å²) in [4.78, 5) is 26.6. The van der Waals surface area contributed by atoms with Crippen molar-refractivity contribution >= 4 is 33.3 Å². The molecule has 0 aromatic carbocycles. The Morgan fingerprint density at radius 2 is 1.96 bits per heavy atom. The molecule has 5 rings (SSSR count). The van der Waals surface area contributed by atoms with Gasteiger partial charge in [-0.1, -0.05) is 0 Å². The highest BCUT2D eigenvalue weighted by molar-refractivity contribution is 7.19. The quantitative estimate of drug-likeness (QED) is 0.931. The number of nitrogens with zero attached hydrogens (tertiary/aromatic N) is 3. The molecule has 2 aromatic rings. The van der Waals surface area contributed by atoms with Crippen molar-refractivity contribution < 1.29 is 4.79 Å². The van der Waals surface area contributed by atoms with E-state index in [2.05, 4.69) is 4.90 Å². The molecule has 3 heterocycles. The first-order valence-electron chi connectivity index (χ1n) is 9.10. The molecule has 0 bridgehead atoms. The van der Waals surface area contributed by atoms with Crippen LogP contribution in [0.2, 0.25) is 0 Å². The minimum absolute atomic E-state index is 0.214. The first-order chi connectivity index (χ1) is 11.7. The number of anilines is 1. The Hall–Kier alpha value is -1.69. The second kappa shape index (κ2) is 5.41. The summed E-state index contributed by atoms with van der Waals surface area (Å²) in [6, 6.07) is -0.214. The van der Waals surface area contributed by atoms with Crippen molar-refractivity contribution in [1.82, 2.24) is 9.97 Å². The summed E-state index contributed by atoms with van der Waals surface area (Å²) in [5.74, 6) is 2.26. The van der Waals surface area contributed by atoms with E-state index in [-0.39, 0.29) is 11.9 Å². The van der Waals surface area contributed by atoms with Gasteiger partial charge in [0.1, 0.15) is 22.5 Å². The van der Waals surface area contributed by atoms with Gasteiger partial charge in [-0.25, -0.2) is 9.97 Å². The van der Waals surface area contributed by atoms with Crippen LogP contribution < -0.4 is 10.6 Å². The van der Waals surface area contributed by atoms with E-state index in [1.54, 1.807) is 0 Å². The van der Waals surface area contributed by atoms with Crippen LogP contribution >= 0.6 is 11.3 Å². The minimum atomic E-state index is -0.226. The van der Waals surface area contributed by atoms with E-state index < -0.39 is 0 Å². The number of thiophene rings is 1. The number of primary amides is 1. The second-order valence-corrected chi connectivity index (χ2v) is 8.41. The summed E-state index contributed by atoms with van der Waals surface area (Å²) in [6.07, 6.45) is 9.01. The second-order valence-electron chi connectivity index (χ2n) is 7.32. The topological polar surface area (TPSA) is 72.1 Å². The van der Waals surface area contributed by atoms with Gasteiger partial charge < -0.3 is 10.6 Å². The molecular weight excluding hydrogens is 320 g/mol. The Balaban J connectivity index is 1.72. The third kappa shape index (κ3) is 2.23. The summed E-state index contributed by atoms with van der Waals surface area (Å²) >= 11 is 1.85. The summed E-state index contributed by atoms with van der Waals surface area (Å²) in [5.41, 5.74) is 7.11. The van der Waals surface area contributed by atoms with Gasteiger partial charge in [0, 0.05) is 17.3 Å². The van der Waals surface area contributed by atoms with E-state index in [9.17, 15) is 4.79 Å². The molecule has 2 N–H and O–H groups in total. The zero-order valence-corrected chi connectivity index (χ0v) is 14.6. The lowest BCUT2D eigenvalue weighted by molar-refractivity contribution is -0.119. The average molecular weight is 342 g/mol. The molecule has 1 unspecified atom stereocenters. The first-order valence-corrected chi connectivity index (χ1v) is 9.92.